The molecular formula is C26H22FN5O2S. The molecular weight excluding hydrogens is 465 g/mol. The van der Waals surface area contributed by atoms with Crippen molar-refractivity contribution in [1.29, 1.82) is 0 Å². The third kappa shape index (κ3) is 4.67. The van der Waals surface area contributed by atoms with Gasteiger partial charge in [0.05, 0.1) is 17.1 Å². The van der Waals surface area contributed by atoms with E-state index in [0.29, 0.717) is 28.0 Å². The van der Waals surface area contributed by atoms with E-state index >= 15 is 0 Å². The van der Waals surface area contributed by atoms with Crippen LogP contribution < -0.4 is 10.2 Å². The van der Waals surface area contributed by atoms with Crippen molar-refractivity contribution in [3.05, 3.63) is 84.7 Å². The van der Waals surface area contributed by atoms with Gasteiger partial charge in [-0.2, -0.15) is 0 Å². The minimum Gasteiger partial charge on any atom is -0.324 e. The third-order valence-electron chi connectivity index (χ3n) is 5.70. The minimum atomic E-state index is -0.343. The molecule has 1 atom stereocenters. The maximum Gasteiger partial charge on any atom is 0.237 e. The van der Waals surface area contributed by atoms with E-state index in [4.69, 9.17) is 0 Å². The number of nitrogens with one attached hydrogen (secondary N) is 1. The van der Waals surface area contributed by atoms with Crippen LogP contribution in [-0.2, 0) is 9.59 Å². The molecule has 2 heterocycles. The molecule has 0 radical (unpaired) electrons. The fourth-order valence-corrected chi connectivity index (χ4v) is 4.94. The van der Waals surface area contributed by atoms with Crippen molar-refractivity contribution in [2.24, 2.45) is 0 Å². The van der Waals surface area contributed by atoms with Crippen molar-refractivity contribution in [1.82, 2.24) is 14.8 Å². The summed E-state index contributed by atoms with van der Waals surface area (Å²) >= 11 is 1.25. The number of amides is 2. The molecule has 176 valence electrons. The van der Waals surface area contributed by atoms with E-state index in [1.54, 1.807) is 23.1 Å². The molecule has 1 aromatic heterocycles. The Labute approximate surface area is 206 Å². The first-order valence-electron chi connectivity index (χ1n) is 11.1. The van der Waals surface area contributed by atoms with Gasteiger partial charge in [0, 0.05) is 23.7 Å². The Morgan fingerprint density at radius 1 is 1.03 bits per heavy atom. The highest BCUT2D eigenvalue weighted by Crippen LogP contribution is 2.33. The highest BCUT2D eigenvalue weighted by molar-refractivity contribution is 7.99. The van der Waals surface area contributed by atoms with Crippen molar-refractivity contribution >= 4 is 35.0 Å². The second kappa shape index (κ2) is 9.71. The predicted molar refractivity (Wildman–Crippen MR) is 134 cm³/mol. The maximum absolute atomic E-state index is 13.6. The molecule has 1 N–H and O–H groups in total. The second-order valence-electron chi connectivity index (χ2n) is 8.15. The van der Waals surface area contributed by atoms with E-state index in [0.717, 1.165) is 5.56 Å². The summed E-state index contributed by atoms with van der Waals surface area (Å²) in [5.74, 6) is 0.0544. The zero-order valence-electron chi connectivity index (χ0n) is 18.9. The van der Waals surface area contributed by atoms with Crippen molar-refractivity contribution < 1.29 is 14.0 Å². The third-order valence-corrected chi connectivity index (χ3v) is 6.62. The Morgan fingerprint density at radius 2 is 1.74 bits per heavy atom. The van der Waals surface area contributed by atoms with Crippen molar-refractivity contribution in [3.63, 3.8) is 0 Å². The van der Waals surface area contributed by atoms with Gasteiger partial charge in [0.1, 0.15) is 5.82 Å². The van der Waals surface area contributed by atoms with Gasteiger partial charge in [0.2, 0.25) is 11.8 Å². The lowest BCUT2D eigenvalue weighted by Gasteiger charge is -2.27. The van der Waals surface area contributed by atoms with Crippen LogP contribution in [0.4, 0.5) is 15.8 Å². The first kappa shape index (κ1) is 22.8. The number of nitrogens with zero attached hydrogens (tertiary/aromatic N) is 4. The molecule has 0 saturated carbocycles. The van der Waals surface area contributed by atoms with Crippen LogP contribution in [0.15, 0.2) is 84.0 Å². The molecule has 1 aliphatic heterocycles. The van der Waals surface area contributed by atoms with Gasteiger partial charge in [-0.3, -0.25) is 14.2 Å². The molecule has 2 amide bonds. The number of anilines is 2. The number of aromatic nitrogens is 3. The summed E-state index contributed by atoms with van der Waals surface area (Å²) in [6, 6.07) is 22.6. The summed E-state index contributed by atoms with van der Waals surface area (Å²) in [6.45, 7) is 1.86. The summed E-state index contributed by atoms with van der Waals surface area (Å²) in [6.07, 6.45) is 0.203. The van der Waals surface area contributed by atoms with Gasteiger partial charge in [-0.05, 0) is 43.3 Å². The van der Waals surface area contributed by atoms with Gasteiger partial charge in [-0.15, -0.1) is 10.2 Å². The second-order valence-corrected chi connectivity index (χ2v) is 9.10. The van der Waals surface area contributed by atoms with Gasteiger partial charge < -0.3 is 10.2 Å². The number of thioether (sulfide) groups is 1. The highest BCUT2D eigenvalue weighted by atomic mass is 32.2. The normalized spacial score (nSPS) is 15.3. The van der Waals surface area contributed by atoms with Crippen LogP contribution in [0.5, 0.6) is 0 Å². The first-order chi connectivity index (χ1) is 17.0. The molecule has 0 bridgehead atoms. The monoisotopic (exact) mass is 487 g/mol. The molecule has 35 heavy (non-hydrogen) atoms. The van der Waals surface area contributed by atoms with E-state index < -0.39 is 0 Å². The maximum atomic E-state index is 13.6. The molecule has 7 nitrogen and oxygen atoms in total. The van der Waals surface area contributed by atoms with E-state index in [2.05, 4.69) is 15.5 Å². The van der Waals surface area contributed by atoms with Crippen molar-refractivity contribution in [2.75, 3.05) is 16.0 Å². The highest BCUT2D eigenvalue weighted by Gasteiger charge is 2.30. The Hall–Kier alpha value is -3.98. The average molecular weight is 488 g/mol. The standard InChI is InChI=1S/C26H22FN5O2S/c1-17-15-23(33)28-21-9-5-6-10-22(21)31(17)24(34)16-35-26-30-29-25(18-7-3-2-4-8-18)32(26)20-13-11-19(27)12-14-20/h2-14,17H,15-16H2,1H3,(H,28,33)/t17-/m0/s1. The average Bonchev–Trinajstić information content (AvgIpc) is 3.23. The zero-order valence-corrected chi connectivity index (χ0v) is 19.7. The number of carbonyl (C=O) groups excluding carboxylic acids is 2. The van der Waals surface area contributed by atoms with E-state index in [9.17, 15) is 14.0 Å². The molecule has 0 spiro atoms. The van der Waals surface area contributed by atoms with Crippen LogP contribution in [0, 0.1) is 5.82 Å². The van der Waals surface area contributed by atoms with Gasteiger partial charge in [-0.25, -0.2) is 4.39 Å². The minimum absolute atomic E-state index is 0.0843. The number of hydrogen-bond acceptors (Lipinski definition) is 5. The van der Waals surface area contributed by atoms with E-state index in [-0.39, 0.29) is 35.8 Å². The summed E-state index contributed by atoms with van der Waals surface area (Å²) in [7, 11) is 0. The molecule has 3 aromatic carbocycles. The first-order valence-corrected chi connectivity index (χ1v) is 12.1. The summed E-state index contributed by atoms with van der Waals surface area (Å²) in [4.78, 5) is 27.4. The predicted octanol–water partition coefficient (Wildman–Crippen LogP) is 4.93. The Bertz CT molecular complexity index is 1370. The number of rotatable bonds is 5. The number of benzene rings is 3. The zero-order chi connectivity index (χ0) is 24.4. The fraction of sp³-hybridized carbons (Fsp3) is 0.154. The van der Waals surface area contributed by atoms with Crippen LogP contribution in [0.25, 0.3) is 17.1 Å². The Kier molecular flexibility index (Phi) is 6.33. The van der Waals surface area contributed by atoms with Crippen LogP contribution in [0.2, 0.25) is 0 Å². The number of para-hydroxylation sites is 2. The van der Waals surface area contributed by atoms with Gasteiger partial charge in [0.15, 0.2) is 11.0 Å². The van der Waals surface area contributed by atoms with Crippen LogP contribution in [0.3, 0.4) is 0 Å². The Balaban J connectivity index is 1.46. The van der Waals surface area contributed by atoms with Crippen molar-refractivity contribution in [3.8, 4) is 17.1 Å². The van der Waals surface area contributed by atoms with E-state index in [1.165, 1.54) is 23.9 Å². The number of hydrogen-bond donors (Lipinski definition) is 1. The fourth-order valence-electron chi connectivity index (χ4n) is 4.12. The number of halogens is 1. The number of fused-ring (bicyclic) bond motifs is 1. The molecule has 0 fully saturated rings. The van der Waals surface area contributed by atoms with Crippen LogP contribution in [-0.4, -0.2) is 38.4 Å². The van der Waals surface area contributed by atoms with Crippen LogP contribution >= 0.6 is 11.8 Å². The summed E-state index contributed by atoms with van der Waals surface area (Å²) in [5.41, 5.74) is 2.82. The lowest BCUT2D eigenvalue weighted by atomic mass is 10.2. The Morgan fingerprint density at radius 3 is 2.51 bits per heavy atom. The molecule has 0 saturated heterocycles. The lowest BCUT2D eigenvalue weighted by Crippen LogP contribution is -2.40. The number of carbonyl (C=O) groups is 2. The molecule has 9 heteroatoms. The van der Waals surface area contributed by atoms with Gasteiger partial charge in [0.25, 0.3) is 0 Å². The molecule has 1 aliphatic rings. The SMILES string of the molecule is C[C@H]1CC(=O)Nc2ccccc2N1C(=O)CSc1nnc(-c2ccccc2)n1-c1ccc(F)cc1. The molecule has 4 aromatic rings. The van der Waals surface area contributed by atoms with Crippen molar-refractivity contribution in [2.45, 2.75) is 24.5 Å². The molecule has 5 rings (SSSR count). The summed E-state index contributed by atoms with van der Waals surface area (Å²) in [5, 5.41) is 12.1. The van der Waals surface area contributed by atoms with Gasteiger partial charge in [-0.1, -0.05) is 54.2 Å². The quantitative estimate of drug-likeness (QED) is 0.404. The lowest BCUT2D eigenvalue weighted by molar-refractivity contribution is -0.117. The van der Waals surface area contributed by atoms with E-state index in [1.807, 2.05) is 60.0 Å². The topological polar surface area (TPSA) is 80.1 Å². The van der Waals surface area contributed by atoms with Crippen LogP contribution in [0.1, 0.15) is 13.3 Å². The molecule has 0 aliphatic carbocycles. The molecule has 0 unspecified atom stereocenters. The largest absolute Gasteiger partial charge is 0.324 e. The smallest absolute Gasteiger partial charge is 0.237 e. The summed E-state index contributed by atoms with van der Waals surface area (Å²) < 4.78 is 15.4. The van der Waals surface area contributed by atoms with Gasteiger partial charge >= 0.3 is 0 Å².